The van der Waals surface area contributed by atoms with Crippen LogP contribution in [0.4, 0.5) is 16.2 Å². The molecule has 5 rings (SSSR count). The molecule has 0 bridgehead atoms. The smallest absolute Gasteiger partial charge is 0.323 e. The minimum atomic E-state index is -0.487. The molecule has 9 nitrogen and oxygen atoms in total. The number of hydrogen-bond donors (Lipinski definition) is 3. The zero-order valence-corrected chi connectivity index (χ0v) is 31.2. The van der Waals surface area contributed by atoms with Gasteiger partial charge >= 0.3 is 6.03 Å². The number of benzene rings is 4. The third kappa shape index (κ3) is 10.4. The Hall–Kier alpha value is -3.86. The average molecular weight is 736 g/mol. The topological polar surface area (TPSA) is 103 Å². The summed E-state index contributed by atoms with van der Waals surface area (Å²) < 4.78 is 12.9. The van der Waals surface area contributed by atoms with Crippen LogP contribution in [0.15, 0.2) is 78.9 Å². The number of likely N-dealkylation sites (N-methyl/N-ethyl adjacent to an activating group) is 1. The fraction of sp³-hybridized carbons (Fsp3) is 0.400. The second-order valence-electron chi connectivity index (χ2n) is 13.6. The van der Waals surface area contributed by atoms with Gasteiger partial charge in [0.15, 0.2) is 0 Å². The van der Waals surface area contributed by atoms with Crippen LogP contribution in [0.25, 0.3) is 10.8 Å². The van der Waals surface area contributed by atoms with Crippen molar-refractivity contribution in [2.75, 3.05) is 44.0 Å². The quantitative estimate of drug-likeness (QED) is 0.167. The van der Waals surface area contributed by atoms with Gasteiger partial charge in [-0.1, -0.05) is 72.6 Å². The van der Waals surface area contributed by atoms with E-state index in [1.165, 1.54) is 0 Å². The van der Waals surface area contributed by atoms with Crippen molar-refractivity contribution >= 4 is 57.3 Å². The highest BCUT2D eigenvalue weighted by Crippen LogP contribution is 2.30. The SMILES string of the molecule is C[C@@H]1CCCCO[C@@H](CN(C)Cc2ccc(Cl)c(Cl)c2)[C@H](C)CN([C@H](C)CO)C(=O)c2cc(NC(=O)Nc3cccc4ccccc34)ccc2O1. The number of urea groups is 1. The van der Waals surface area contributed by atoms with Crippen molar-refractivity contribution in [2.45, 2.75) is 64.8 Å². The number of fused-ring (bicyclic) bond motifs is 2. The number of nitrogens with zero attached hydrogens (tertiary/aromatic N) is 2. The maximum atomic E-state index is 14.5. The first-order chi connectivity index (χ1) is 24.5. The second kappa shape index (κ2) is 18.1. The van der Waals surface area contributed by atoms with Crippen molar-refractivity contribution < 1.29 is 24.2 Å². The molecule has 1 aliphatic heterocycles. The summed E-state index contributed by atoms with van der Waals surface area (Å²) in [5.41, 5.74) is 2.45. The zero-order chi connectivity index (χ0) is 36.5. The Bertz CT molecular complexity index is 1800. The first kappa shape index (κ1) is 38.4. The fourth-order valence-electron chi connectivity index (χ4n) is 6.40. The van der Waals surface area contributed by atoms with Gasteiger partial charge in [0.2, 0.25) is 0 Å². The lowest BCUT2D eigenvalue weighted by Gasteiger charge is -2.36. The summed E-state index contributed by atoms with van der Waals surface area (Å²) in [6.07, 6.45) is 2.18. The van der Waals surface area contributed by atoms with E-state index in [4.69, 9.17) is 32.7 Å². The highest BCUT2D eigenvalue weighted by atomic mass is 35.5. The number of aliphatic hydroxyl groups excluding tert-OH is 1. The Kier molecular flexibility index (Phi) is 13.6. The van der Waals surface area contributed by atoms with Gasteiger partial charge in [-0.2, -0.15) is 0 Å². The minimum Gasteiger partial charge on any atom is -0.490 e. The van der Waals surface area contributed by atoms with E-state index in [0.717, 1.165) is 35.6 Å². The first-order valence-corrected chi connectivity index (χ1v) is 18.3. The molecule has 4 aromatic rings. The van der Waals surface area contributed by atoms with Crippen LogP contribution in [0.3, 0.4) is 0 Å². The van der Waals surface area contributed by atoms with Crippen LogP contribution in [0.2, 0.25) is 10.0 Å². The largest absolute Gasteiger partial charge is 0.490 e. The van der Waals surface area contributed by atoms with Gasteiger partial charge in [-0.05, 0) is 87.5 Å². The normalized spacial score (nSPS) is 19.6. The van der Waals surface area contributed by atoms with Crippen molar-refractivity contribution in [3.05, 3.63) is 100 Å². The van der Waals surface area contributed by atoms with E-state index >= 15 is 0 Å². The molecule has 0 aliphatic carbocycles. The Morgan fingerprint density at radius 1 is 1.00 bits per heavy atom. The van der Waals surface area contributed by atoms with Crippen LogP contribution in [-0.4, -0.2) is 78.4 Å². The summed E-state index contributed by atoms with van der Waals surface area (Å²) >= 11 is 12.4. The summed E-state index contributed by atoms with van der Waals surface area (Å²) in [5, 5.41) is 19.1. The highest BCUT2D eigenvalue weighted by molar-refractivity contribution is 6.42. The minimum absolute atomic E-state index is 0.0850. The maximum Gasteiger partial charge on any atom is 0.323 e. The lowest BCUT2D eigenvalue weighted by atomic mass is 10.0. The molecule has 1 aliphatic rings. The third-order valence-electron chi connectivity index (χ3n) is 9.28. The number of ether oxygens (including phenoxy) is 2. The van der Waals surface area contributed by atoms with Crippen molar-refractivity contribution in [1.29, 1.82) is 0 Å². The number of nitrogens with one attached hydrogen (secondary N) is 2. The molecule has 4 aromatic carbocycles. The second-order valence-corrected chi connectivity index (χ2v) is 14.4. The summed E-state index contributed by atoms with van der Waals surface area (Å²) in [4.78, 5) is 31.6. The predicted molar refractivity (Wildman–Crippen MR) is 206 cm³/mol. The van der Waals surface area contributed by atoms with E-state index in [1.807, 2.05) is 75.5 Å². The monoisotopic (exact) mass is 734 g/mol. The zero-order valence-electron chi connectivity index (χ0n) is 29.7. The Morgan fingerprint density at radius 3 is 2.57 bits per heavy atom. The fourth-order valence-corrected chi connectivity index (χ4v) is 6.72. The van der Waals surface area contributed by atoms with Gasteiger partial charge in [0.05, 0.1) is 46.2 Å². The number of carbonyl (C=O) groups is 2. The van der Waals surface area contributed by atoms with Crippen LogP contribution in [0.5, 0.6) is 5.75 Å². The van der Waals surface area contributed by atoms with E-state index in [-0.39, 0.29) is 30.6 Å². The standard InChI is InChI=1S/C40H48Cl2N4O5/c1-26-22-46(27(2)25-47)39(48)33-21-31(43-40(49)44-36-14-9-12-30-11-5-6-13-32(30)36)16-18-37(33)51-28(3)10-7-8-19-50-38(26)24-45(4)23-29-15-17-34(41)35(42)20-29/h5-6,9,11-18,20-21,26-28,38,47H,7-8,10,19,22-25H2,1-4H3,(H2,43,44,49)/t26-,27-,28-,38+/m1/s1. The Balaban J connectivity index is 1.38. The van der Waals surface area contributed by atoms with E-state index in [1.54, 1.807) is 29.2 Å². The number of carbonyl (C=O) groups excluding carboxylic acids is 2. The number of aliphatic hydroxyl groups is 1. The number of amides is 3. The number of hydrogen-bond acceptors (Lipinski definition) is 6. The molecule has 11 heteroatoms. The average Bonchev–Trinajstić information content (AvgIpc) is 3.11. The molecule has 0 fully saturated rings. The van der Waals surface area contributed by atoms with Crippen molar-refractivity contribution in [3.8, 4) is 5.75 Å². The van der Waals surface area contributed by atoms with E-state index < -0.39 is 12.1 Å². The lowest BCUT2D eigenvalue weighted by Crippen LogP contribution is -2.47. The van der Waals surface area contributed by atoms with Crippen LogP contribution in [0.1, 0.15) is 56.0 Å². The molecular formula is C40H48Cl2N4O5. The molecular weight excluding hydrogens is 687 g/mol. The van der Waals surface area contributed by atoms with Crippen LogP contribution < -0.4 is 15.4 Å². The molecule has 0 radical (unpaired) electrons. The molecule has 0 aromatic heterocycles. The van der Waals surface area contributed by atoms with Gasteiger partial charge < -0.3 is 30.1 Å². The van der Waals surface area contributed by atoms with E-state index in [9.17, 15) is 14.7 Å². The molecule has 3 amide bonds. The van der Waals surface area contributed by atoms with Crippen molar-refractivity contribution in [2.24, 2.45) is 5.92 Å². The van der Waals surface area contributed by atoms with Crippen molar-refractivity contribution in [3.63, 3.8) is 0 Å². The molecule has 3 N–H and O–H groups in total. The van der Waals surface area contributed by atoms with Gasteiger partial charge in [-0.3, -0.25) is 9.69 Å². The molecule has 0 spiro atoms. The van der Waals surface area contributed by atoms with Crippen molar-refractivity contribution in [1.82, 2.24) is 9.80 Å². The molecule has 0 saturated heterocycles. The van der Waals surface area contributed by atoms with E-state index in [2.05, 4.69) is 22.5 Å². The number of halogens is 2. The molecule has 51 heavy (non-hydrogen) atoms. The van der Waals surface area contributed by atoms with Crippen LogP contribution >= 0.6 is 23.2 Å². The van der Waals surface area contributed by atoms with E-state index in [0.29, 0.717) is 59.0 Å². The van der Waals surface area contributed by atoms with Gasteiger partial charge in [-0.25, -0.2) is 4.79 Å². The number of rotatable bonds is 8. The van der Waals surface area contributed by atoms with Crippen LogP contribution in [0, 0.1) is 5.92 Å². The van der Waals surface area contributed by atoms with Crippen LogP contribution in [-0.2, 0) is 11.3 Å². The van der Waals surface area contributed by atoms with Gasteiger partial charge in [-0.15, -0.1) is 0 Å². The first-order valence-electron chi connectivity index (χ1n) is 17.5. The van der Waals surface area contributed by atoms with Gasteiger partial charge in [0.25, 0.3) is 5.91 Å². The van der Waals surface area contributed by atoms with Gasteiger partial charge in [0.1, 0.15) is 5.75 Å². The summed E-state index contributed by atoms with van der Waals surface area (Å²) in [5.74, 6) is 0.0448. The molecule has 1 heterocycles. The molecule has 272 valence electrons. The highest BCUT2D eigenvalue weighted by Gasteiger charge is 2.30. The Morgan fingerprint density at radius 2 is 1.78 bits per heavy atom. The lowest BCUT2D eigenvalue weighted by molar-refractivity contribution is -0.0177. The van der Waals surface area contributed by atoms with Gasteiger partial charge in [0, 0.05) is 43.2 Å². The predicted octanol–water partition coefficient (Wildman–Crippen LogP) is 8.72. The summed E-state index contributed by atoms with van der Waals surface area (Å²) in [7, 11) is 2.03. The molecule has 0 unspecified atom stereocenters. The summed E-state index contributed by atoms with van der Waals surface area (Å²) in [6.45, 7) is 7.84. The molecule has 4 atom stereocenters. The number of anilines is 2. The summed E-state index contributed by atoms with van der Waals surface area (Å²) in [6, 6.07) is 23.4. The molecule has 0 saturated carbocycles. The maximum absolute atomic E-state index is 14.5. The Labute approximate surface area is 310 Å². The third-order valence-corrected chi connectivity index (χ3v) is 10.0.